The van der Waals surface area contributed by atoms with Crippen LogP contribution >= 0.6 is 0 Å². The molecule has 0 aromatic carbocycles. The number of nitrogens with one attached hydrogen (secondary N) is 1. The van der Waals surface area contributed by atoms with Crippen molar-refractivity contribution in [2.75, 3.05) is 39.8 Å². The maximum Gasteiger partial charge on any atom is 0.274 e. The molecule has 1 amide bonds. The minimum Gasteiger partial charge on any atom is -0.472 e. The van der Waals surface area contributed by atoms with Crippen molar-refractivity contribution in [2.24, 2.45) is 0 Å². The van der Waals surface area contributed by atoms with Crippen molar-refractivity contribution in [3.8, 4) is 0 Å². The Morgan fingerprint density at radius 3 is 2.88 bits per heavy atom. The molecule has 128 valence electrons. The van der Waals surface area contributed by atoms with Crippen LogP contribution in [-0.2, 0) is 19.5 Å². The van der Waals surface area contributed by atoms with E-state index in [1.165, 1.54) is 5.56 Å². The summed E-state index contributed by atoms with van der Waals surface area (Å²) in [7, 11) is 2.09. The molecule has 0 atom stereocenters. The highest BCUT2D eigenvalue weighted by Crippen LogP contribution is 2.23. The van der Waals surface area contributed by atoms with E-state index < -0.39 is 0 Å². The van der Waals surface area contributed by atoms with Gasteiger partial charge >= 0.3 is 0 Å². The molecule has 4 heterocycles. The van der Waals surface area contributed by atoms with Gasteiger partial charge in [0.2, 0.25) is 0 Å². The van der Waals surface area contributed by atoms with E-state index >= 15 is 0 Å². The highest BCUT2D eigenvalue weighted by molar-refractivity contribution is 5.94. The van der Waals surface area contributed by atoms with Crippen LogP contribution in [0.2, 0.25) is 0 Å². The second-order valence-corrected chi connectivity index (χ2v) is 6.72. The Morgan fingerprint density at radius 1 is 1.29 bits per heavy atom. The Kier molecular flexibility index (Phi) is 4.12. The van der Waals surface area contributed by atoms with Gasteiger partial charge in [-0.2, -0.15) is 5.10 Å². The van der Waals surface area contributed by atoms with Gasteiger partial charge in [0.05, 0.1) is 18.2 Å². The maximum absolute atomic E-state index is 12.8. The molecule has 2 aromatic heterocycles. The molecule has 7 nitrogen and oxygen atoms in total. The topological polar surface area (TPSA) is 68.6 Å². The fourth-order valence-corrected chi connectivity index (χ4v) is 3.49. The molecule has 2 aliphatic rings. The van der Waals surface area contributed by atoms with E-state index in [-0.39, 0.29) is 5.91 Å². The van der Waals surface area contributed by atoms with Crippen molar-refractivity contribution in [2.45, 2.75) is 19.5 Å². The number of hydrogen-bond acceptors (Lipinski definition) is 5. The Bertz CT molecular complexity index is 701. The van der Waals surface area contributed by atoms with Gasteiger partial charge in [-0.3, -0.25) is 14.8 Å². The minimum atomic E-state index is 0.0730. The minimum absolute atomic E-state index is 0.0730. The number of nitrogens with zero attached hydrogens (tertiary/aromatic N) is 4. The first-order valence-corrected chi connectivity index (χ1v) is 8.48. The quantitative estimate of drug-likeness (QED) is 0.908. The Morgan fingerprint density at radius 2 is 2.12 bits per heavy atom. The highest BCUT2D eigenvalue weighted by atomic mass is 16.3. The summed E-state index contributed by atoms with van der Waals surface area (Å²) in [5.74, 6) is 0.0730. The number of rotatable bonds is 3. The fraction of sp³-hybridized carbons (Fsp3) is 0.529. The van der Waals surface area contributed by atoms with E-state index in [0.717, 1.165) is 63.5 Å². The molecule has 0 radical (unpaired) electrons. The van der Waals surface area contributed by atoms with Crippen LogP contribution < -0.4 is 0 Å². The molecule has 1 fully saturated rings. The summed E-state index contributed by atoms with van der Waals surface area (Å²) in [6.07, 6.45) is 4.34. The van der Waals surface area contributed by atoms with Crippen LogP contribution in [0.3, 0.4) is 0 Å². The normalized spacial score (nSPS) is 19.5. The lowest BCUT2D eigenvalue weighted by Crippen LogP contribution is -2.47. The van der Waals surface area contributed by atoms with Gasteiger partial charge in [0.25, 0.3) is 5.91 Å². The monoisotopic (exact) mass is 329 g/mol. The summed E-state index contributed by atoms with van der Waals surface area (Å²) in [4.78, 5) is 19.3. The van der Waals surface area contributed by atoms with Gasteiger partial charge in [0.1, 0.15) is 0 Å². The zero-order valence-electron chi connectivity index (χ0n) is 14.0. The number of amides is 1. The van der Waals surface area contributed by atoms with Crippen molar-refractivity contribution in [3.05, 3.63) is 41.1 Å². The molecule has 1 N–H and O–H groups in total. The molecular formula is C17H23N5O2. The summed E-state index contributed by atoms with van der Waals surface area (Å²) >= 11 is 0. The Hall–Kier alpha value is -2.12. The van der Waals surface area contributed by atoms with E-state index in [9.17, 15) is 4.79 Å². The molecule has 7 heteroatoms. The first kappa shape index (κ1) is 15.4. The van der Waals surface area contributed by atoms with Crippen molar-refractivity contribution in [1.29, 1.82) is 0 Å². The van der Waals surface area contributed by atoms with Crippen molar-refractivity contribution >= 4 is 5.91 Å². The fourth-order valence-electron chi connectivity index (χ4n) is 3.49. The molecule has 4 rings (SSSR count). The third-order valence-corrected chi connectivity index (χ3v) is 4.99. The zero-order chi connectivity index (χ0) is 16.5. The lowest BCUT2D eigenvalue weighted by atomic mass is 10.0. The van der Waals surface area contributed by atoms with Crippen molar-refractivity contribution < 1.29 is 9.21 Å². The number of aromatic nitrogens is 2. The van der Waals surface area contributed by atoms with Gasteiger partial charge in [-0.25, -0.2) is 0 Å². The average molecular weight is 329 g/mol. The number of furan rings is 1. The average Bonchev–Trinajstić information content (AvgIpc) is 3.24. The van der Waals surface area contributed by atoms with Gasteiger partial charge in [-0.15, -0.1) is 0 Å². The standard InChI is InChI=1S/C17H23N5O2/c1-20-5-7-22(8-6-20)17(23)16-14-2-4-21(11-15(14)18-19-16)10-13-3-9-24-12-13/h3,9,12H,2,4-8,10-11H2,1H3,(H,18,19). The number of piperazine rings is 1. The SMILES string of the molecule is CN1CCN(C(=O)c2n[nH]c3c2CCN(Cc2ccoc2)C3)CC1. The second-order valence-electron chi connectivity index (χ2n) is 6.72. The van der Waals surface area contributed by atoms with Gasteiger partial charge in [0.15, 0.2) is 5.69 Å². The molecule has 0 spiro atoms. The van der Waals surface area contributed by atoms with E-state index in [4.69, 9.17) is 4.42 Å². The molecule has 0 bridgehead atoms. The van der Waals surface area contributed by atoms with E-state index in [2.05, 4.69) is 27.0 Å². The third-order valence-electron chi connectivity index (χ3n) is 4.99. The van der Waals surface area contributed by atoms with Crippen LogP contribution in [0.15, 0.2) is 23.0 Å². The van der Waals surface area contributed by atoms with Gasteiger partial charge in [0, 0.05) is 56.9 Å². The highest BCUT2D eigenvalue weighted by Gasteiger charge is 2.29. The summed E-state index contributed by atoms with van der Waals surface area (Å²) < 4.78 is 5.14. The van der Waals surface area contributed by atoms with E-state index in [1.807, 2.05) is 11.0 Å². The maximum atomic E-state index is 12.8. The molecule has 24 heavy (non-hydrogen) atoms. The number of aromatic amines is 1. The molecule has 1 saturated heterocycles. The van der Waals surface area contributed by atoms with Gasteiger partial charge in [-0.1, -0.05) is 0 Å². The summed E-state index contributed by atoms with van der Waals surface area (Å²) in [6, 6.07) is 1.99. The van der Waals surface area contributed by atoms with Crippen LogP contribution in [0.4, 0.5) is 0 Å². The van der Waals surface area contributed by atoms with Gasteiger partial charge < -0.3 is 14.2 Å². The van der Waals surface area contributed by atoms with Crippen LogP contribution in [-0.4, -0.2) is 70.6 Å². The number of carbonyl (C=O) groups is 1. The van der Waals surface area contributed by atoms with Crippen molar-refractivity contribution in [1.82, 2.24) is 24.9 Å². The van der Waals surface area contributed by atoms with Crippen LogP contribution in [0.5, 0.6) is 0 Å². The summed E-state index contributed by atoms with van der Waals surface area (Å²) in [6.45, 7) is 6.00. The summed E-state index contributed by atoms with van der Waals surface area (Å²) in [5.41, 5.74) is 3.97. The Labute approximate surface area is 141 Å². The molecule has 2 aromatic rings. The van der Waals surface area contributed by atoms with E-state index in [1.54, 1.807) is 12.5 Å². The molecular weight excluding hydrogens is 306 g/mol. The first-order valence-electron chi connectivity index (χ1n) is 8.48. The predicted molar refractivity (Wildman–Crippen MR) is 88.5 cm³/mol. The second kappa shape index (κ2) is 6.41. The van der Waals surface area contributed by atoms with Crippen LogP contribution in [0.25, 0.3) is 0 Å². The lowest BCUT2D eigenvalue weighted by molar-refractivity contribution is 0.0656. The Balaban J connectivity index is 1.45. The largest absolute Gasteiger partial charge is 0.472 e. The number of H-pyrrole nitrogens is 1. The smallest absolute Gasteiger partial charge is 0.274 e. The summed E-state index contributed by atoms with van der Waals surface area (Å²) in [5, 5.41) is 7.44. The van der Waals surface area contributed by atoms with E-state index in [0.29, 0.717) is 5.69 Å². The number of likely N-dealkylation sites (N-methyl/N-ethyl adjacent to an activating group) is 1. The first-order chi connectivity index (χ1) is 11.7. The number of fused-ring (bicyclic) bond motifs is 1. The predicted octanol–water partition coefficient (Wildman–Crippen LogP) is 0.949. The molecule has 0 saturated carbocycles. The number of carbonyl (C=O) groups excluding carboxylic acids is 1. The van der Waals surface area contributed by atoms with Crippen LogP contribution in [0.1, 0.15) is 27.3 Å². The third kappa shape index (κ3) is 2.97. The molecule has 2 aliphatic heterocycles. The lowest BCUT2D eigenvalue weighted by Gasteiger charge is -2.32. The van der Waals surface area contributed by atoms with Crippen LogP contribution in [0, 0.1) is 0 Å². The number of hydrogen-bond donors (Lipinski definition) is 1. The molecule has 0 aliphatic carbocycles. The molecule has 0 unspecified atom stereocenters. The van der Waals surface area contributed by atoms with Gasteiger partial charge in [-0.05, 0) is 19.5 Å². The van der Waals surface area contributed by atoms with Crippen molar-refractivity contribution in [3.63, 3.8) is 0 Å². The zero-order valence-corrected chi connectivity index (χ0v) is 14.0.